The molecule has 0 spiro atoms. The normalized spacial score (nSPS) is 10.7. The van der Waals surface area contributed by atoms with Crippen molar-refractivity contribution in [2.75, 3.05) is 31.9 Å². The average Bonchev–Trinajstić information content (AvgIpc) is 3.46. The molecule has 384 valence electrons. The number of hydrogen-bond acceptors (Lipinski definition) is 12. The molecular formula is C65H57FN12. The molecule has 0 saturated carbocycles. The highest BCUT2D eigenvalue weighted by Gasteiger charge is 2.14. The molecule has 0 aliphatic carbocycles. The quantitative estimate of drug-likeness (QED) is 0.0692. The summed E-state index contributed by atoms with van der Waals surface area (Å²) in [5, 5.41) is 23.1. The van der Waals surface area contributed by atoms with Crippen molar-refractivity contribution in [1.29, 1.82) is 0 Å². The molecule has 0 bridgehead atoms. The number of fused-ring (bicyclic) bond motifs is 3. The van der Waals surface area contributed by atoms with Gasteiger partial charge in [-0.3, -0.25) is 0 Å². The number of aryl methyl sites for hydroxylation is 5. The first-order valence-corrected chi connectivity index (χ1v) is 25.6. The lowest BCUT2D eigenvalue weighted by atomic mass is 10.2. The van der Waals surface area contributed by atoms with Crippen LogP contribution in [0.2, 0.25) is 0 Å². The molecule has 0 atom stereocenters. The van der Waals surface area contributed by atoms with Crippen LogP contribution >= 0.6 is 0 Å². The Labute approximate surface area is 453 Å². The number of aromatic nitrogens is 6. The van der Waals surface area contributed by atoms with Crippen LogP contribution in [0.4, 0.5) is 73.8 Å². The molecular weight excluding hydrogens is 968 g/mol. The second-order valence-corrected chi connectivity index (χ2v) is 18.6. The van der Waals surface area contributed by atoms with E-state index in [-0.39, 0.29) is 5.82 Å². The number of nitrogens with one attached hydrogen (secondary N) is 6. The Bertz CT molecular complexity index is 4040. The van der Waals surface area contributed by atoms with Crippen LogP contribution in [-0.2, 0) is 0 Å². The van der Waals surface area contributed by atoms with Crippen molar-refractivity contribution in [1.82, 2.24) is 29.9 Å². The molecule has 0 fully saturated rings. The highest BCUT2D eigenvalue weighted by Crippen LogP contribution is 2.32. The van der Waals surface area contributed by atoms with Gasteiger partial charge in [-0.25, -0.2) is 19.3 Å². The Hall–Kier alpha value is -10.3. The van der Waals surface area contributed by atoms with Gasteiger partial charge in [-0.2, -0.15) is 15.0 Å². The summed E-state index contributed by atoms with van der Waals surface area (Å²) in [4.78, 5) is 28.0. The smallest absolute Gasteiger partial charge is 0.229 e. The zero-order valence-electron chi connectivity index (χ0n) is 43.8. The van der Waals surface area contributed by atoms with E-state index in [1.54, 1.807) is 6.07 Å². The molecule has 12 aromatic rings. The second kappa shape index (κ2) is 23.9. The first-order valence-electron chi connectivity index (χ1n) is 25.6. The van der Waals surface area contributed by atoms with Gasteiger partial charge in [0.1, 0.15) is 23.3 Å². The van der Waals surface area contributed by atoms with E-state index < -0.39 is 0 Å². The lowest BCUT2D eigenvalue weighted by molar-refractivity contribution is 0.627. The third-order valence-corrected chi connectivity index (χ3v) is 12.9. The fourth-order valence-electron chi connectivity index (χ4n) is 8.58. The van der Waals surface area contributed by atoms with Crippen molar-refractivity contribution in [3.63, 3.8) is 0 Å². The van der Waals surface area contributed by atoms with Gasteiger partial charge in [-0.15, -0.1) is 0 Å². The molecule has 78 heavy (non-hydrogen) atoms. The summed E-state index contributed by atoms with van der Waals surface area (Å²) in [6.07, 6.45) is 0. The van der Waals surface area contributed by atoms with E-state index in [0.717, 1.165) is 101 Å². The topological polar surface area (TPSA) is 150 Å². The van der Waals surface area contributed by atoms with Crippen LogP contribution in [0.15, 0.2) is 218 Å². The van der Waals surface area contributed by atoms with E-state index in [9.17, 15) is 4.39 Å². The number of rotatable bonds is 12. The molecule has 3 aromatic heterocycles. The van der Waals surface area contributed by atoms with Crippen molar-refractivity contribution >= 4 is 102 Å². The monoisotopic (exact) mass is 1020 g/mol. The summed E-state index contributed by atoms with van der Waals surface area (Å²) in [6.45, 7) is 10.1. The number of halogens is 1. The molecule has 0 unspecified atom stereocenters. The highest BCUT2D eigenvalue weighted by atomic mass is 19.1. The van der Waals surface area contributed by atoms with Crippen LogP contribution in [0.25, 0.3) is 32.7 Å². The van der Waals surface area contributed by atoms with Crippen molar-refractivity contribution in [2.45, 2.75) is 34.6 Å². The highest BCUT2D eigenvalue weighted by molar-refractivity contribution is 5.94. The van der Waals surface area contributed by atoms with Gasteiger partial charge >= 0.3 is 0 Å². The number of hydrogen-bond donors (Lipinski definition) is 6. The largest absolute Gasteiger partial charge is 0.339 e. The lowest BCUT2D eigenvalue weighted by Gasteiger charge is -2.14. The fourth-order valence-corrected chi connectivity index (χ4v) is 8.58. The summed E-state index contributed by atoms with van der Waals surface area (Å²) in [5.41, 5.74) is 13.8. The Kier molecular flexibility index (Phi) is 15.7. The number of para-hydroxylation sites is 8. The molecule has 13 heteroatoms. The van der Waals surface area contributed by atoms with Crippen LogP contribution in [0.1, 0.15) is 27.8 Å². The molecule has 0 aliphatic rings. The predicted octanol–water partition coefficient (Wildman–Crippen LogP) is 17.0. The maximum absolute atomic E-state index is 13.4. The van der Waals surface area contributed by atoms with Gasteiger partial charge in [0.25, 0.3) is 0 Å². The van der Waals surface area contributed by atoms with Gasteiger partial charge in [0.05, 0.1) is 16.6 Å². The Morgan fingerprint density at radius 3 is 0.949 bits per heavy atom. The van der Waals surface area contributed by atoms with Crippen LogP contribution in [0.5, 0.6) is 0 Å². The first-order chi connectivity index (χ1) is 38.1. The molecule has 12 nitrogen and oxygen atoms in total. The van der Waals surface area contributed by atoms with Crippen LogP contribution in [0.3, 0.4) is 0 Å². The minimum absolute atomic E-state index is 0.264. The van der Waals surface area contributed by atoms with E-state index in [0.29, 0.717) is 17.8 Å². The summed E-state index contributed by atoms with van der Waals surface area (Å²) in [6, 6.07) is 71.0. The zero-order chi connectivity index (χ0) is 53.8. The fraction of sp³-hybridized carbons (Fsp3) is 0.0769. The minimum atomic E-state index is -0.264. The van der Waals surface area contributed by atoms with Gasteiger partial charge < -0.3 is 31.9 Å². The SMILES string of the molecule is Cc1cc(F)ccc1Nc1nc(Nc2ccccc2C)c2ccccc2n1.Cc1ccccc1Nc1nc(Nc2ccccc2)nc2ccccc12.Cc1ccccc1Nc1nc(Nc2ccccc2C)c2ccccc2n1. The summed E-state index contributed by atoms with van der Waals surface area (Å²) in [7, 11) is 0. The van der Waals surface area contributed by atoms with Gasteiger partial charge in [0, 0.05) is 50.3 Å². The predicted molar refractivity (Wildman–Crippen MR) is 321 cm³/mol. The van der Waals surface area contributed by atoms with Crippen LogP contribution < -0.4 is 31.9 Å². The number of benzene rings is 9. The van der Waals surface area contributed by atoms with E-state index in [4.69, 9.17) is 9.97 Å². The minimum Gasteiger partial charge on any atom is -0.339 e. The summed E-state index contributed by atoms with van der Waals surface area (Å²) >= 11 is 0. The van der Waals surface area contributed by atoms with E-state index in [1.807, 2.05) is 184 Å². The van der Waals surface area contributed by atoms with Gasteiger partial charge in [0.15, 0.2) is 0 Å². The standard InChI is InChI=1S/C22H19FN4.C22H20N4.C21H18N4/c1-14-7-3-5-9-18(14)24-21-17-8-4-6-10-20(17)26-22(27-21)25-19-12-11-16(23)13-15(19)2;1-15-9-3-6-12-18(15)23-21-17-11-5-8-14-20(17)25-22(26-21)24-19-13-7-4-10-16(19)2;1-15-9-5-7-13-18(15)23-20-17-12-6-8-14-19(17)24-21(25-20)22-16-10-3-2-4-11-16/h3-13H,1-2H3,(H2,24,25,26,27);3-14H,1-2H3,(H2,23,24,25,26);2-14H,1H3,(H2,22,23,24,25). The van der Waals surface area contributed by atoms with Crippen molar-refractivity contribution < 1.29 is 4.39 Å². The van der Waals surface area contributed by atoms with Gasteiger partial charge in [0.2, 0.25) is 17.8 Å². The number of anilines is 12. The van der Waals surface area contributed by atoms with Crippen molar-refractivity contribution in [3.8, 4) is 0 Å². The van der Waals surface area contributed by atoms with Crippen molar-refractivity contribution in [3.05, 3.63) is 252 Å². The molecule has 6 N–H and O–H groups in total. The molecule has 9 aromatic carbocycles. The molecule has 12 rings (SSSR count). The van der Waals surface area contributed by atoms with Crippen LogP contribution in [-0.4, -0.2) is 29.9 Å². The molecule has 0 radical (unpaired) electrons. The molecule has 0 saturated heterocycles. The van der Waals surface area contributed by atoms with Gasteiger partial charge in [-0.05, 0) is 153 Å². The Balaban J connectivity index is 0.000000132. The van der Waals surface area contributed by atoms with E-state index >= 15 is 0 Å². The lowest BCUT2D eigenvalue weighted by Crippen LogP contribution is -2.03. The molecule has 3 heterocycles. The number of nitrogens with zero attached hydrogens (tertiary/aromatic N) is 6. The average molecular weight is 1030 g/mol. The second-order valence-electron chi connectivity index (χ2n) is 18.6. The molecule has 0 aliphatic heterocycles. The first kappa shape index (κ1) is 51.2. The third-order valence-electron chi connectivity index (χ3n) is 12.9. The summed E-state index contributed by atoms with van der Waals surface area (Å²) in [5.74, 6) is 3.64. The Morgan fingerprint density at radius 2 is 0.577 bits per heavy atom. The third kappa shape index (κ3) is 12.6. The Morgan fingerprint density at radius 1 is 0.269 bits per heavy atom. The maximum Gasteiger partial charge on any atom is 0.229 e. The van der Waals surface area contributed by atoms with Gasteiger partial charge in [-0.1, -0.05) is 127 Å². The maximum atomic E-state index is 13.4. The van der Waals surface area contributed by atoms with E-state index in [1.165, 1.54) is 23.3 Å². The molecule has 0 amide bonds. The van der Waals surface area contributed by atoms with Crippen LogP contribution in [0, 0.1) is 40.4 Å². The summed E-state index contributed by atoms with van der Waals surface area (Å²) < 4.78 is 13.4. The van der Waals surface area contributed by atoms with Crippen molar-refractivity contribution in [2.24, 2.45) is 0 Å². The zero-order valence-corrected chi connectivity index (χ0v) is 43.8. The van der Waals surface area contributed by atoms with E-state index in [2.05, 4.69) is 103 Å².